The molecule has 5 nitrogen and oxygen atoms in total. The molecule has 3 rings (SSSR count). The zero-order valence-electron chi connectivity index (χ0n) is 10.7. The average molecular weight is 309 g/mol. The van der Waals surface area contributed by atoms with Crippen LogP contribution in [0.3, 0.4) is 0 Å². The van der Waals surface area contributed by atoms with Crippen molar-refractivity contribution in [3.8, 4) is 0 Å². The minimum absolute atomic E-state index is 0. The Morgan fingerprint density at radius 3 is 2.79 bits per heavy atom. The van der Waals surface area contributed by atoms with Crippen LogP contribution >= 0.6 is 23.5 Å². The van der Waals surface area contributed by atoms with Gasteiger partial charge in [0, 0.05) is 16.4 Å². The zero-order valence-corrected chi connectivity index (χ0v) is 14.3. The number of thioether (sulfide) groups is 2. The maximum atomic E-state index is 12.0. The van der Waals surface area contributed by atoms with Crippen molar-refractivity contribution in [2.75, 3.05) is 11.5 Å². The van der Waals surface area contributed by atoms with Crippen LogP contribution in [0.4, 0.5) is 0 Å². The summed E-state index contributed by atoms with van der Waals surface area (Å²) in [5.41, 5.74) is 0.0316. The van der Waals surface area contributed by atoms with E-state index >= 15 is 0 Å². The van der Waals surface area contributed by atoms with Gasteiger partial charge in [0.05, 0.1) is 35.0 Å². The fraction of sp³-hybridized carbons (Fsp3) is 0.636. The summed E-state index contributed by atoms with van der Waals surface area (Å²) < 4.78 is 0. The second-order valence-electron chi connectivity index (χ2n) is 4.61. The second-order valence-corrected chi connectivity index (χ2v) is 6.99. The molecule has 1 N–H and O–H groups in total. The molecule has 1 amide bonds. The third-order valence-electron chi connectivity index (χ3n) is 3.58. The van der Waals surface area contributed by atoms with E-state index < -0.39 is 18.0 Å². The van der Waals surface area contributed by atoms with E-state index in [0.29, 0.717) is 0 Å². The first-order valence-corrected chi connectivity index (χ1v) is 7.78. The first-order chi connectivity index (χ1) is 8.54. The number of carboxylic acid groups (broad SMARTS) is 1. The Hall–Kier alpha value is 0.340. The quantitative estimate of drug-likeness (QED) is 0.414. The maximum absolute atomic E-state index is 12.0. The van der Waals surface area contributed by atoms with E-state index in [2.05, 4.69) is 0 Å². The predicted octanol–water partition coefficient (Wildman–Crippen LogP) is -3.98. The van der Waals surface area contributed by atoms with E-state index in [1.807, 2.05) is 0 Å². The molecule has 0 aromatic rings. The standard InChI is InChI=1S/C11H13NO4S2.Na/c1-4(13)5-6-8-9(18-3-2-17-8)7(11(15)16)12(6)10(5)14;/h4-6,8,13H,2-3H2,1H3,(H,15,16);/q;+1/p-1/t4-,5-,6+,8-;/m1./s1. The smallest absolute Gasteiger partial charge is 0.543 e. The Balaban J connectivity index is 0.00000133. The van der Waals surface area contributed by atoms with E-state index in [-0.39, 0.29) is 52.5 Å². The Kier molecular flexibility index (Phi) is 4.65. The van der Waals surface area contributed by atoms with E-state index in [0.717, 1.165) is 16.4 Å². The number of rotatable bonds is 2. The van der Waals surface area contributed by atoms with Crippen molar-refractivity contribution >= 4 is 35.4 Å². The molecule has 0 radical (unpaired) electrons. The van der Waals surface area contributed by atoms with Crippen LogP contribution in [-0.4, -0.2) is 50.8 Å². The van der Waals surface area contributed by atoms with Gasteiger partial charge in [-0.3, -0.25) is 4.79 Å². The van der Waals surface area contributed by atoms with Crippen molar-refractivity contribution in [2.45, 2.75) is 24.3 Å². The van der Waals surface area contributed by atoms with Gasteiger partial charge in [-0.25, -0.2) is 0 Å². The van der Waals surface area contributed by atoms with Crippen LogP contribution in [0.2, 0.25) is 0 Å². The summed E-state index contributed by atoms with van der Waals surface area (Å²) in [7, 11) is 0. The maximum Gasteiger partial charge on any atom is 1.00 e. The summed E-state index contributed by atoms with van der Waals surface area (Å²) in [6, 6.07) is -0.210. The van der Waals surface area contributed by atoms with Crippen LogP contribution in [0.15, 0.2) is 10.6 Å². The minimum atomic E-state index is -1.29. The number of amides is 1. The number of hydrogen-bond donors (Lipinski definition) is 1. The largest absolute Gasteiger partial charge is 1.00 e. The molecule has 0 aromatic carbocycles. The SMILES string of the molecule is C[C@@H](O)[C@H]1C(=O)N2C(C(=O)[O-])=C3SCCS[C@@H]3[C@H]12.[Na+]. The summed E-state index contributed by atoms with van der Waals surface area (Å²) in [6.45, 7) is 1.58. The first-order valence-electron chi connectivity index (χ1n) is 5.75. The Bertz CT molecular complexity index is 468. The fourth-order valence-corrected chi connectivity index (χ4v) is 5.84. The van der Waals surface area contributed by atoms with Crippen molar-refractivity contribution in [1.82, 2.24) is 4.90 Å². The van der Waals surface area contributed by atoms with E-state index in [9.17, 15) is 19.8 Å². The van der Waals surface area contributed by atoms with Crippen molar-refractivity contribution < 1.29 is 49.4 Å². The number of fused-ring (bicyclic) bond motifs is 3. The number of aliphatic hydroxyl groups excluding tert-OH is 1. The minimum Gasteiger partial charge on any atom is -0.543 e. The number of aliphatic hydroxyl groups is 1. The first kappa shape index (κ1) is 15.7. The summed E-state index contributed by atoms with van der Waals surface area (Å²) >= 11 is 3.16. The predicted molar refractivity (Wildman–Crippen MR) is 66.5 cm³/mol. The number of carbonyl (C=O) groups is 2. The Morgan fingerprint density at radius 2 is 2.21 bits per heavy atom. The Labute approximate surface area is 141 Å². The number of β-lactam (4-membered cyclic amide) rings is 1. The number of nitrogens with zero attached hydrogens (tertiary/aromatic N) is 1. The van der Waals surface area contributed by atoms with Crippen LogP contribution < -0.4 is 34.7 Å². The van der Waals surface area contributed by atoms with Crippen molar-refractivity contribution in [3.05, 3.63) is 10.6 Å². The number of carboxylic acids is 1. The van der Waals surface area contributed by atoms with Gasteiger partial charge in [0.1, 0.15) is 0 Å². The van der Waals surface area contributed by atoms with Gasteiger partial charge in [-0.1, -0.05) is 0 Å². The molecule has 8 heteroatoms. The third-order valence-corrected chi connectivity index (χ3v) is 6.47. The molecular formula is C11H12NNaO4S2. The molecule has 98 valence electrons. The van der Waals surface area contributed by atoms with E-state index in [4.69, 9.17) is 0 Å². The molecule has 3 heterocycles. The molecule has 4 atom stereocenters. The van der Waals surface area contributed by atoms with Gasteiger partial charge in [-0.2, -0.15) is 11.8 Å². The fourth-order valence-electron chi connectivity index (χ4n) is 2.87. The normalized spacial score (nSPS) is 34.1. The molecule has 0 saturated carbocycles. The third kappa shape index (κ3) is 2.18. The van der Waals surface area contributed by atoms with Crippen LogP contribution in [0.1, 0.15) is 6.92 Å². The van der Waals surface area contributed by atoms with Gasteiger partial charge in [-0.05, 0) is 6.92 Å². The van der Waals surface area contributed by atoms with E-state index in [1.165, 1.54) is 16.7 Å². The molecular weight excluding hydrogens is 297 g/mol. The van der Waals surface area contributed by atoms with Gasteiger partial charge in [0.15, 0.2) is 0 Å². The Morgan fingerprint density at radius 1 is 1.53 bits per heavy atom. The number of aliphatic carboxylic acids is 1. The van der Waals surface area contributed by atoms with Crippen LogP contribution in [0, 0.1) is 5.92 Å². The van der Waals surface area contributed by atoms with Gasteiger partial charge < -0.3 is 19.9 Å². The monoisotopic (exact) mass is 309 g/mol. The van der Waals surface area contributed by atoms with Crippen molar-refractivity contribution in [1.29, 1.82) is 0 Å². The van der Waals surface area contributed by atoms with Crippen LogP contribution in [0.25, 0.3) is 0 Å². The molecule has 0 aromatic heterocycles. The van der Waals surface area contributed by atoms with E-state index in [1.54, 1.807) is 18.7 Å². The van der Waals surface area contributed by atoms with Crippen LogP contribution in [-0.2, 0) is 9.59 Å². The molecule has 3 aliphatic rings. The summed E-state index contributed by atoms with van der Waals surface area (Å²) in [6.07, 6.45) is -0.742. The zero-order chi connectivity index (χ0) is 13.0. The summed E-state index contributed by atoms with van der Waals surface area (Å²) in [4.78, 5) is 25.2. The van der Waals surface area contributed by atoms with Crippen molar-refractivity contribution in [2.24, 2.45) is 5.92 Å². The van der Waals surface area contributed by atoms with Gasteiger partial charge >= 0.3 is 29.6 Å². The van der Waals surface area contributed by atoms with Gasteiger partial charge in [-0.15, -0.1) is 11.8 Å². The summed E-state index contributed by atoms with van der Waals surface area (Å²) in [5.74, 6) is -0.277. The molecule has 19 heavy (non-hydrogen) atoms. The molecule has 2 saturated heterocycles. The average Bonchev–Trinajstić information content (AvgIpc) is 2.60. The molecule has 0 unspecified atom stereocenters. The molecule has 0 spiro atoms. The number of carbonyl (C=O) groups excluding carboxylic acids is 2. The second kappa shape index (κ2) is 5.61. The number of hydrogen-bond acceptors (Lipinski definition) is 6. The van der Waals surface area contributed by atoms with Gasteiger partial charge in [0.25, 0.3) is 0 Å². The molecule has 0 bridgehead atoms. The topological polar surface area (TPSA) is 80.7 Å². The summed E-state index contributed by atoms with van der Waals surface area (Å²) in [5, 5.41) is 20.9. The van der Waals surface area contributed by atoms with Crippen LogP contribution in [0.5, 0.6) is 0 Å². The molecule has 0 aliphatic carbocycles. The molecule has 3 aliphatic heterocycles. The van der Waals surface area contributed by atoms with Crippen molar-refractivity contribution in [3.63, 3.8) is 0 Å². The van der Waals surface area contributed by atoms with Gasteiger partial charge in [0.2, 0.25) is 5.91 Å². The molecule has 2 fully saturated rings.